The molecule has 0 aromatic rings. The zero-order chi connectivity index (χ0) is 13.7. The van der Waals surface area contributed by atoms with Gasteiger partial charge in [0.2, 0.25) is 0 Å². The molecule has 2 amide bonds. The van der Waals surface area contributed by atoms with Gasteiger partial charge in [0, 0.05) is 12.8 Å². The molecule has 0 fully saturated rings. The molecule has 0 aliphatic carbocycles. The number of carbonyl (C=O) groups is 2. The zero-order valence-corrected chi connectivity index (χ0v) is 10.9. The first-order chi connectivity index (χ1) is 7.60. The van der Waals surface area contributed by atoms with E-state index in [4.69, 9.17) is 5.11 Å². The maximum absolute atomic E-state index is 11.3. The summed E-state index contributed by atoms with van der Waals surface area (Å²) in [4.78, 5) is 22.2. The minimum atomic E-state index is -3.14. The summed E-state index contributed by atoms with van der Waals surface area (Å²) < 4.78 is 21.6. The van der Waals surface area contributed by atoms with E-state index in [2.05, 4.69) is 10.6 Å². The maximum atomic E-state index is 11.3. The van der Waals surface area contributed by atoms with E-state index in [1.807, 2.05) is 0 Å². The van der Waals surface area contributed by atoms with E-state index < -0.39 is 27.4 Å². The standard InChI is InChI=1S/C9H18N2O5S/c1-4-9(2,7(12)13)11-8(14)10-5-6-17(3,15)16/h4-6H2,1-3H3,(H,12,13)(H2,10,11,14). The summed E-state index contributed by atoms with van der Waals surface area (Å²) >= 11 is 0. The number of urea groups is 1. The molecule has 0 heterocycles. The van der Waals surface area contributed by atoms with Gasteiger partial charge in [-0.1, -0.05) is 6.92 Å². The van der Waals surface area contributed by atoms with Gasteiger partial charge in [-0.05, 0) is 13.3 Å². The number of rotatable bonds is 6. The Labute approximate surface area is 101 Å². The number of hydrogen-bond acceptors (Lipinski definition) is 4. The number of hydrogen-bond donors (Lipinski definition) is 3. The lowest BCUT2D eigenvalue weighted by molar-refractivity contribution is -0.143. The van der Waals surface area contributed by atoms with Crippen molar-refractivity contribution in [3.05, 3.63) is 0 Å². The molecule has 0 bridgehead atoms. The normalized spacial score (nSPS) is 14.8. The van der Waals surface area contributed by atoms with Crippen molar-refractivity contribution in [1.82, 2.24) is 10.6 Å². The molecule has 0 aliphatic heterocycles. The second-order valence-corrected chi connectivity index (χ2v) is 6.26. The number of sulfone groups is 1. The average molecular weight is 266 g/mol. The van der Waals surface area contributed by atoms with E-state index in [1.54, 1.807) is 6.92 Å². The van der Waals surface area contributed by atoms with Crippen LogP contribution in [-0.4, -0.2) is 49.6 Å². The molecule has 1 atom stereocenters. The first kappa shape index (κ1) is 15.7. The minimum Gasteiger partial charge on any atom is -0.480 e. The third-order valence-corrected chi connectivity index (χ3v) is 3.27. The van der Waals surface area contributed by atoms with Gasteiger partial charge in [0.05, 0.1) is 5.75 Å². The molecule has 0 saturated carbocycles. The quantitative estimate of drug-likeness (QED) is 0.604. The monoisotopic (exact) mass is 266 g/mol. The highest BCUT2D eigenvalue weighted by atomic mass is 32.2. The molecule has 8 heteroatoms. The van der Waals surface area contributed by atoms with Crippen molar-refractivity contribution < 1.29 is 23.1 Å². The van der Waals surface area contributed by atoms with Gasteiger partial charge in [-0.2, -0.15) is 0 Å². The van der Waals surface area contributed by atoms with Crippen molar-refractivity contribution in [3.63, 3.8) is 0 Å². The molecule has 0 aliphatic rings. The van der Waals surface area contributed by atoms with E-state index in [-0.39, 0.29) is 18.7 Å². The summed E-state index contributed by atoms with van der Waals surface area (Å²) in [5.74, 6) is -1.32. The number of aliphatic carboxylic acids is 1. The Kier molecular flexibility index (Phi) is 5.40. The first-order valence-electron chi connectivity index (χ1n) is 5.08. The second-order valence-electron chi connectivity index (χ2n) is 4.00. The van der Waals surface area contributed by atoms with Gasteiger partial charge >= 0.3 is 12.0 Å². The molecule has 3 N–H and O–H groups in total. The van der Waals surface area contributed by atoms with Crippen LogP contribution in [0, 0.1) is 0 Å². The SMILES string of the molecule is CCC(C)(NC(=O)NCCS(C)(=O)=O)C(=O)O. The number of nitrogens with one attached hydrogen (secondary N) is 2. The van der Waals surface area contributed by atoms with Crippen molar-refractivity contribution in [2.75, 3.05) is 18.6 Å². The Hall–Kier alpha value is -1.31. The van der Waals surface area contributed by atoms with Crippen molar-refractivity contribution in [2.24, 2.45) is 0 Å². The molecular weight excluding hydrogens is 248 g/mol. The predicted molar refractivity (Wildman–Crippen MR) is 62.6 cm³/mol. The summed E-state index contributed by atoms with van der Waals surface area (Å²) in [6.45, 7) is 2.96. The molecule has 100 valence electrons. The molecule has 0 saturated heterocycles. The van der Waals surface area contributed by atoms with E-state index >= 15 is 0 Å². The highest BCUT2D eigenvalue weighted by Crippen LogP contribution is 2.08. The van der Waals surface area contributed by atoms with Gasteiger partial charge in [-0.25, -0.2) is 18.0 Å². The molecule has 0 aromatic carbocycles. The van der Waals surface area contributed by atoms with Gasteiger partial charge in [0.15, 0.2) is 0 Å². The number of carboxylic acids is 1. The average Bonchev–Trinajstić information content (AvgIpc) is 2.15. The van der Waals surface area contributed by atoms with Gasteiger partial charge < -0.3 is 15.7 Å². The van der Waals surface area contributed by atoms with Crippen molar-refractivity contribution in [2.45, 2.75) is 25.8 Å². The van der Waals surface area contributed by atoms with Gasteiger partial charge in [-0.15, -0.1) is 0 Å². The Morgan fingerprint density at radius 3 is 2.24 bits per heavy atom. The Morgan fingerprint density at radius 2 is 1.88 bits per heavy atom. The minimum absolute atomic E-state index is 0.0515. The van der Waals surface area contributed by atoms with Crippen LogP contribution in [0.2, 0.25) is 0 Å². The fourth-order valence-electron chi connectivity index (χ4n) is 0.938. The van der Waals surface area contributed by atoms with Crippen LogP contribution in [0.15, 0.2) is 0 Å². The topological polar surface area (TPSA) is 113 Å². The van der Waals surface area contributed by atoms with E-state index in [0.717, 1.165) is 6.26 Å². The predicted octanol–water partition coefficient (Wildman–Crippen LogP) is -0.416. The molecule has 0 spiro atoms. The van der Waals surface area contributed by atoms with Crippen LogP contribution in [0.5, 0.6) is 0 Å². The Morgan fingerprint density at radius 1 is 1.35 bits per heavy atom. The Balaban J connectivity index is 4.23. The molecule has 0 radical (unpaired) electrons. The summed E-state index contributed by atoms with van der Waals surface area (Å²) in [6.07, 6.45) is 1.28. The maximum Gasteiger partial charge on any atom is 0.329 e. The van der Waals surface area contributed by atoms with E-state index in [0.29, 0.717) is 0 Å². The van der Waals surface area contributed by atoms with E-state index in [9.17, 15) is 18.0 Å². The molecular formula is C9H18N2O5S. The lowest BCUT2D eigenvalue weighted by Gasteiger charge is -2.24. The van der Waals surface area contributed by atoms with Crippen LogP contribution >= 0.6 is 0 Å². The van der Waals surface area contributed by atoms with E-state index in [1.165, 1.54) is 6.92 Å². The molecule has 0 aromatic heterocycles. The highest BCUT2D eigenvalue weighted by Gasteiger charge is 2.32. The molecule has 0 rings (SSSR count). The molecule has 17 heavy (non-hydrogen) atoms. The van der Waals surface area contributed by atoms with Crippen LogP contribution in [0.1, 0.15) is 20.3 Å². The summed E-state index contributed by atoms with van der Waals surface area (Å²) in [5, 5.41) is 13.5. The smallest absolute Gasteiger partial charge is 0.329 e. The fourth-order valence-corrected chi connectivity index (χ4v) is 1.41. The summed E-state index contributed by atoms with van der Waals surface area (Å²) in [5.41, 5.74) is -1.35. The number of carbonyl (C=O) groups excluding carboxylic acids is 1. The van der Waals surface area contributed by atoms with Crippen molar-refractivity contribution in [3.8, 4) is 0 Å². The van der Waals surface area contributed by atoms with Gasteiger partial charge in [-0.3, -0.25) is 0 Å². The summed E-state index contributed by atoms with van der Waals surface area (Å²) in [6, 6.07) is -0.694. The lowest BCUT2D eigenvalue weighted by atomic mass is 10.00. The largest absolute Gasteiger partial charge is 0.480 e. The second kappa shape index (κ2) is 5.85. The van der Waals surface area contributed by atoms with Crippen LogP contribution in [0.3, 0.4) is 0 Å². The van der Waals surface area contributed by atoms with Gasteiger partial charge in [0.25, 0.3) is 0 Å². The molecule has 1 unspecified atom stereocenters. The zero-order valence-electron chi connectivity index (χ0n) is 10.1. The van der Waals surface area contributed by atoms with Crippen LogP contribution in [0.4, 0.5) is 4.79 Å². The third-order valence-electron chi connectivity index (χ3n) is 2.33. The van der Waals surface area contributed by atoms with Gasteiger partial charge in [0.1, 0.15) is 15.4 Å². The van der Waals surface area contributed by atoms with Crippen molar-refractivity contribution in [1.29, 1.82) is 0 Å². The summed E-state index contributed by atoms with van der Waals surface area (Å²) in [7, 11) is -3.14. The lowest BCUT2D eigenvalue weighted by Crippen LogP contribution is -2.55. The first-order valence-corrected chi connectivity index (χ1v) is 7.14. The number of carboxylic acid groups (broad SMARTS) is 1. The highest BCUT2D eigenvalue weighted by molar-refractivity contribution is 7.90. The van der Waals surface area contributed by atoms with Crippen LogP contribution in [0.25, 0.3) is 0 Å². The van der Waals surface area contributed by atoms with Crippen LogP contribution < -0.4 is 10.6 Å². The third kappa shape index (κ3) is 6.10. The fraction of sp³-hybridized carbons (Fsp3) is 0.778. The number of amides is 2. The molecule has 7 nitrogen and oxygen atoms in total. The van der Waals surface area contributed by atoms with Crippen LogP contribution in [-0.2, 0) is 14.6 Å². The van der Waals surface area contributed by atoms with Crippen molar-refractivity contribution >= 4 is 21.8 Å². The Bertz CT molecular complexity index is 392.